The number of rotatable bonds is 4. The molecule has 2 unspecified atom stereocenters. The Balaban J connectivity index is 1.66. The molecular weight excluding hydrogens is 328 g/mol. The highest BCUT2D eigenvalue weighted by Gasteiger charge is 2.23. The maximum Gasteiger partial charge on any atom is 0.270 e. The minimum Gasteiger partial charge on any atom is -0.383 e. The van der Waals surface area contributed by atoms with Crippen LogP contribution in [0.5, 0.6) is 0 Å². The number of carbonyl (C=O) groups is 1. The fourth-order valence-electron chi connectivity index (χ4n) is 3.79. The molecule has 0 bridgehead atoms. The summed E-state index contributed by atoms with van der Waals surface area (Å²) >= 11 is 0. The Labute approximate surface area is 155 Å². The van der Waals surface area contributed by atoms with Crippen LogP contribution >= 0.6 is 0 Å². The summed E-state index contributed by atoms with van der Waals surface area (Å²) in [5, 5.41) is 14.6. The van der Waals surface area contributed by atoms with Crippen LogP contribution < -0.4 is 21.3 Å². The molecule has 142 valence electrons. The number of hydrogen-bond acceptors (Lipinski definition) is 6. The fourth-order valence-corrected chi connectivity index (χ4v) is 3.79. The van der Waals surface area contributed by atoms with Crippen molar-refractivity contribution >= 4 is 23.3 Å². The van der Waals surface area contributed by atoms with Gasteiger partial charge >= 0.3 is 0 Å². The van der Waals surface area contributed by atoms with Crippen LogP contribution in [0, 0.1) is 5.41 Å². The number of pyridine rings is 1. The second kappa shape index (κ2) is 8.49. The van der Waals surface area contributed by atoms with Gasteiger partial charge in [-0.15, -0.1) is 0 Å². The van der Waals surface area contributed by atoms with Gasteiger partial charge in [0.25, 0.3) is 5.91 Å². The van der Waals surface area contributed by atoms with Crippen LogP contribution in [0.3, 0.4) is 0 Å². The van der Waals surface area contributed by atoms with Gasteiger partial charge < -0.3 is 21.3 Å². The lowest BCUT2D eigenvalue weighted by Crippen LogP contribution is -2.48. The van der Waals surface area contributed by atoms with Gasteiger partial charge in [-0.1, -0.05) is 12.8 Å². The van der Waals surface area contributed by atoms with Crippen molar-refractivity contribution in [3.05, 3.63) is 17.7 Å². The Kier molecular flexibility index (Phi) is 6.08. The van der Waals surface area contributed by atoms with Crippen LogP contribution in [0.2, 0.25) is 0 Å². The first-order chi connectivity index (χ1) is 12.5. The molecule has 2 aliphatic heterocycles. The summed E-state index contributed by atoms with van der Waals surface area (Å²) < 4.78 is 0. The molecule has 2 saturated heterocycles. The predicted octanol–water partition coefficient (Wildman–Crippen LogP) is 1.67. The normalized spacial score (nSPS) is 24.0. The third-order valence-electron chi connectivity index (χ3n) is 5.30. The van der Waals surface area contributed by atoms with Crippen molar-refractivity contribution in [1.29, 1.82) is 5.41 Å². The molecule has 2 fully saturated rings. The van der Waals surface area contributed by atoms with E-state index in [1.54, 1.807) is 6.07 Å². The Morgan fingerprint density at radius 3 is 2.69 bits per heavy atom. The average molecular weight is 358 g/mol. The zero-order valence-corrected chi connectivity index (χ0v) is 15.6. The van der Waals surface area contributed by atoms with Gasteiger partial charge in [0.1, 0.15) is 17.3 Å². The molecule has 2 atom stereocenters. The fraction of sp³-hybridized carbons (Fsp3) is 0.632. The Bertz CT molecular complexity index is 653. The number of carbonyl (C=O) groups excluding carboxylic acids is 1. The number of hydrogen-bond donors (Lipinski definition) is 4. The second-order valence-corrected chi connectivity index (χ2v) is 7.43. The average Bonchev–Trinajstić information content (AvgIpc) is 2.90. The van der Waals surface area contributed by atoms with Crippen LogP contribution in [0.1, 0.15) is 51.0 Å². The van der Waals surface area contributed by atoms with Gasteiger partial charge in [0.15, 0.2) is 0 Å². The molecule has 1 aromatic rings. The summed E-state index contributed by atoms with van der Waals surface area (Å²) in [6.07, 6.45) is 6.59. The quantitative estimate of drug-likeness (QED) is 0.613. The SMILES string of the molecule is CC1CC(NC(=O)C(=N)c2ccc(N3CCCCCC3)nc2N)CCN1. The topological polar surface area (TPSA) is 107 Å². The first kappa shape index (κ1) is 18.6. The zero-order chi connectivity index (χ0) is 18.5. The van der Waals surface area contributed by atoms with Crippen molar-refractivity contribution < 1.29 is 4.79 Å². The van der Waals surface area contributed by atoms with E-state index in [0.717, 1.165) is 51.1 Å². The van der Waals surface area contributed by atoms with Gasteiger partial charge in [-0.05, 0) is 51.3 Å². The Morgan fingerprint density at radius 2 is 2.04 bits per heavy atom. The molecular formula is C19H30N6O. The molecule has 26 heavy (non-hydrogen) atoms. The first-order valence-electron chi connectivity index (χ1n) is 9.69. The highest BCUT2D eigenvalue weighted by Crippen LogP contribution is 2.21. The van der Waals surface area contributed by atoms with Crippen LogP contribution in [0.15, 0.2) is 12.1 Å². The number of nitrogens with zero attached hydrogens (tertiary/aromatic N) is 2. The van der Waals surface area contributed by atoms with Gasteiger partial charge in [0, 0.05) is 30.7 Å². The number of anilines is 2. The van der Waals surface area contributed by atoms with E-state index in [0.29, 0.717) is 11.6 Å². The lowest BCUT2D eigenvalue weighted by Gasteiger charge is -2.28. The molecule has 3 rings (SSSR count). The van der Waals surface area contributed by atoms with Gasteiger partial charge in [0.05, 0.1) is 0 Å². The lowest BCUT2D eigenvalue weighted by molar-refractivity contribution is -0.115. The lowest BCUT2D eigenvalue weighted by atomic mass is 10.00. The van der Waals surface area contributed by atoms with Crippen molar-refractivity contribution in [3.8, 4) is 0 Å². The van der Waals surface area contributed by atoms with E-state index in [-0.39, 0.29) is 23.5 Å². The summed E-state index contributed by atoms with van der Waals surface area (Å²) in [6, 6.07) is 4.12. The predicted molar refractivity (Wildman–Crippen MR) is 105 cm³/mol. The van der Waals surface area contributed by atoms with Crippen molar-refractivity contribution in [2.24, 2.45) is 0 Å². The zero-order valence-electron chi connectivity index (χ0n) is 15.6. The molecule has 0 aromatic carbocycles. The number of nitrogens with two attached hydrogens (primary N) is 1. The molecule has 0 aliphatic carbocycles. The van der Waals surface area contributed by atoms with Gasteiger partial charge in [-0.25, -0.2) is 4.98 Å². The maximum absolute atomic E-state index is 12.5. The van der Waals surface area contributed by atoms with E-state index in [2.05, 4.69) is 27.4 Å². The smallest absolute Gasteiger partial charge is 0.270 e. The van der Waals surface area contributed by atoms with Crippen molar-refractivity contribution in [2.45, 2.75) is 57.5 Å². The third-order valence-corrected chi connectivity index (χ3v) is 5.30. The molecule has 1 aromatic heterocycles. The molecule has 3 heterocycles. The molecule has 0 saturated carbocycles. The van der Waals surface area contributed by atoms with Gasteiger partial charge in [0.2, 0.25) is 0 Å². The van der Waals surface area contributed by atoms with Crippen molar-refractivity contribution in [3.63, 3.8) is 0 Å². The summed E-state index contributed by atoms with van der Waals surface area (Å²) in [5.74, 6) is 0.722. The third kappa shape index (κ3) is 4.52. The summed E-state index contributed by atoms with van der Waals surface area (Å²) in [7, 11) is 0. The van der Waals surface area contributed by atoms with Crippen molar-refractivity contribution in [1.82, 2.24) is 15.6 Å². The van der Waals surface area contributed by atoms with Crippen LogP contribution in [0.25, 0.3) is 0 Å². The maximum atomic E-state index is 12.5. The molecule has 0 radical (unpaired) electrons. The summed E-state index contributed by atoms with van der Waals surface area (Å²) in [5.41, 5.74) is 6.39. The van der Waals surface area contributed by atoms with Crippen LogP contribution in [-0.4, -0.2) is 48.3 Å². The van der Waals surface area contributed by atoms with Crippen LogP contribution in [-0.2, 0) is 4.79 Å². The number of aromatic nitrogens is 1. The molecule has 5 N–H and O–H groups in total. The number of amides is 1. The van der Waals surface area contributed by atoms with Gasteiger partial charge in [-0.3, -0.25) is 10.2 Å². The van der Waals surface area contributed by atoms with E-state index >= 15 is 0 Å². The minimum atomic E-state index is -0.375. The molecule has 1 amide bonds. The van der Waals surface area contributed by atoms with E-state index in [1.165, 1.54) is 12.8 Å². The summed E-state index contributed by atoms with van der Waals surface area (Å²) in [4.78, 5) is 19.2. The van der Waals surface area contributed by atoms with Crippen molar-refractivity contribution in [2.75, 3.05) is 30.3 Å². The Hall–Kier alpha value is -2.15. The standard InChI is InChI=1S/C19H30N6O/c1-13-12-14(8-9-22-13)23-19(26)17(20)15-6-7-16(24-18(15)21)25-10-4-2-3-5-11-25/h6-7,13-14,20,22H,2-5,8-12H2,1H3,(H2,21,24)(H,23,26). The molecule has 2 aliphatic rings. The highest BCUT2D eigenvalue weighted by molar-refractivity contribution is 6.45. The van der Waals surface area contributed by atoms with E-state index in [9.17, 15) is 4.79 Å². The first-order valence-corrected chi connectivity index (χ1v) is 9.69. The number of nitrogen functional groups attached to an aromatic ring is 1. The molecule has 7 nitrogen and oxygen atoms in total. The Morgan fingerprint density at radius 1 is 1.31 bits per heavy atom. The van der Waals surface area contributed by atoms with Crippen LogP contribution in [0.4, 0.5) is 11.6 Å². The molecule has 0 spiro atoms. The largest absolute Gasteiger partial charge is 0.383 e. The van der Waals surface area contributed by atoms with E-state index in [1.807, 2.05) is 6.07 Å². The second-order valence-electron chi connectivity index (χ2n) is 7.43. The monoisotopic (exact) mass is 358 g/mol. The van der Waals surface area contributed by atoms with Gasteiger partial charge in [-0.2, -0.15) is 0 Å². The minimum absolute atomic E-state index is 0.102. The van der Waals surface area contributed by atoms with E-state index < -0.39 is 0 Å². The van der Waals surface area contributed by atoms with E-state index in [4.69, 9.17) is 11.1 Å². The summed E-state index contributed by atoms with van der Waals surface area (Å²) in [6.45, 7) is 4.95. The number of nitrogens with one attached hydrogen (secondary N) is 3. The molecule has 7 heteroatoms. The number of piperidine rings is 1. The highest BCUT2D eigenvalue weighted by atomic mass is 16.1.